The number of rotatable bonds is 4. The molecule has 0 spiro atoms. The van der Waals surface area contributed by atoms with E-state index in [1.165, 1.54) is 0 Å². The zero-order chi connectivity index (χ0) is 16.6. The predicted octanol–water partition coefficient (Wildman–Crippen LogP) is 3.22. The third kappa shape index (κ3) is 2.77. The molecule has 0 radical (unpaired) electrons. The summed E-state index contributed by atoms with van der Waals surface area (Å²) in [5.41, 5.74) is 4.30. The van der Waals surface area contributed by atoms with E-state index in [4.69, 9.17) is 0 Å². The van der Waals surface area contributed by atoms with Crippen molar-refractivity contribution in [3.05, 3.63) is 59.5 Å². The van der Waals surface area contributed by atoms with E-state index in [1.54, 1.807) is 12.4 Å². The molecule has 0 atom stereocenters. The molecule has 23 heavy (non-hydrogen) atoms. The van der Waals surface area contributed by atoms with Crippen LogP contribution < -0.4 is 4.90 Å². The second-order valence-electron chi connectivity index (χ2n) is 5.79. The molecule has 2 aromatic heterocycles. The quantitative estimate of drug-likeness (QED) is 0.804. The predicted molar refractivity (Wildman–Crippen MR) is 91.0 cm³/mol. The average Bonchev–Trinajstić information content (AvgIpc) is 2.86. The van der Waals surface area contributed by atoms with Crippen molar-refractivity contribution in [3.63, 3.8) is 0 Å². The van der Waals surface area contributed by atoms with Crippen LogP contribution in [0.3, 0.4) is 0 Å². The van der Waals surface area contributed by atoms with Crippen molar-refractivity contribution in [3.8, 4) is 0 Å². The maximum absolute atomic E-state index is 11.5. The minimum absolute atomic E-state index is 0.332. The van der Waals surface area contributed by atoms with Gasteiger partial charge in [-0.2, -0.15) is 0 Å². The maximum atomic E-state index is 11.5. The van der Waals surface area contributed by atoms with E-state index in [0.29, 0.717) is 12.1 Å². The lowest BCUT2D eigenvalue weighted by atomic mass is 10.1. The van der Waals surface area contributed by atoms with Gasteiger partial charge in [0.1, 0.15) is 0 Å². The van der Waals surface area contributed by atoms with Crippen molar-refractivity contribution in [2.45, 2.75) is 13.5 Å². The van der Waals surface area contributed by atoms with Crippen molar-refractivity contribution in [1.82, 2.24) is 9.55 Å². The van der Waals surface area contributed by atoms with E-state index < -0.39 is 5.97 Å². The van der Waals surface area contributed by atoms with Crippen LogP contribution in [0.1, 0.15) is 21.6 Å². The highest BCUT2D eigenvalue weighted by Crippen LogP contribution is 2.29. The smallest absolute Gasteiger partial charge is 0.337 e. The normalized spacial score (nSPS) is 10.9. The first-order valence-corrected chi connectivity index (χ1v) is 7.41. The molecule has 0 saturated heterocycles. The molecule has 0 aliphatic rings. The number of carbonyl (C=O) groups is 1. The second kappa shape index (κ2) is 5.76. The summed E-state index contributed by atoms with van der Waals surface area (Å²) in [4.78, 5) is 17.9. The fourth-order valence-corrected chi connectivity index (χ4v) is 2.98. The number of aromatic carboxylic acids is 1. The molecule has 0 bridgehead atoms. The molecule has 0 fully saturated rings. The van der Waals surface area contributed by atoms with Crippen LogP contribution in [0, 0.1) is 6.92 Å². The van der Waals surface area contributed by atoms with Crippen molar-refractivity contribution in [1.29, 1.82) is 0 Å². The van der Waals surface area contributed by atoms with Crippen molar-refractivity contribution in [2.24, 2.45) is 7.05 Å². The van der Waals surface area contributed by atoms with E-state index in [9.17, 15) is 9.90 Å². The van der Waals surface area contributed by atoms with Crippen LogP contribution in [0.2, 0.25) is 0 Å². The highest BCUT2D eigenvalue weighted by Gasteiger charge is 2.16. The highest BCUT2D eigenvalue weighted by molar-refractivity contribution is 6.05. The SMILES string of the molecule is Cc1cc(N(C)Cc2ccccn2)cc2c(C(=O)O)cn(C)c12. The molecule has 5 heteroatoms. The molecular weight excluding hydrogens is 290 g/mol. The molecule has 0 unspecified atom stereocenters. The maximum Gasteiger partial charge on any atom is 0.337 e. The van der Waals surface area contributed by atoms with Gasteiger partial charge in [0.15, 0.2) is 0 Å². The number of aryl methyl sites for hydroxylation is 2. The minimum atomic E-state index is -0.903. The first-order chi connectivity index (χ1) is 11.0. The first kappa shape index (κ1) is 15.1. The van der Waals surface area contributed by atoms with Crippen LogP contribution in [-0.4, -0.2) is 27.7 Å². The van der Waals surface area contributed by atoms with Gasteiger partial charge in [0.05, 0.1) is 23.3 Å². The molecule has 0 aliphatic heterocycles. The molecule has 0 amide bonds. The van der Waals surface area contributed by atoms with Gasteiger partial charge >= 0.3 is 5.97 Å². The van der Waals surface area contributed by atoms with Gasteiger partial charge in [-0.25, -0.2) is 4.79 Å². The summed E-state index contributed by atoms with van der Waals surface area (Å²) in [5.74, 6) is -0.903. The van der Waals surface area contributed by atoms with Gasteiger partial charge in [0.25, 0.3) is 0 Å². The van der Waals surface area contributed by atoms with E-state index >= 15 is 0 Å². The Labute approximate surface area is 134 Å². The fourth-order valence-electron chi connectivity index (χ4n) is 2.98. The third-order valence-corrected chi connectivity index (χ3v) is 4.05. The Morgan fingerprint density at radius 3 is 2.78 bits per heavy atom. The van der Waals surface area contributed by atoms with Crippen LogP contribution in [0.5, 0.6) is 0 Å². The Kier molecular flexibility index (Phi) is 3.78. The lowest BCUT2D eigenvalue weighted by Gasteiger charge is -2.20. The summed E-state index contributed by atoms with van der Waals surface area (Å²) in [5, 5.41) is 10.2. The van der Waals surface area contributed by atoms with E-state index in [-0.39, 0.29) is 0 Å². The van der Waals surface area contributed by atoms with Crippen molar-refractivity contribution in [2.75, 3.05) is 11.9 Å². The van der Waals surface area contributed by atoms with Gasteiger partial charge < -0.3 is 14.6 Å². The summed E-state index contributed by atoms with van der Waals surface area (Å²) >= 11 is 0. The largest absolute Gasteiger partial charge is 0.478 e. The van der Waals surface area contributed by atoms with Crippen LogP contribution in [-0.2, 0) is 13.6 Å². The molecule has 118 valence electrons. The van der Waals surface area contributed by atoms with Gasteiger partial charge in [-0.05, 0) is 36.8 Å². The van der Waals surface area contributed by atoms with Crippen molar-refractivity contribution < 1.29 is 9.90 Å². The standard InChI is InChI=1S/C18H19N3O2/c1-12-8-14(20(2)10-13-6-4-5-7-19-13)9-15-16(18(22)23)11-21(3)17(12)15/h4-9,11H,10H2,1-3H3,(H,22,23). The lowest BCUT2D eigenvalue weighted by Crippen LogP contribution is -2.17. The van der Waals surface area contributed by atoms with Crippen LogP contribution in [0.25, 0.3) is 10.9 Å². The molecule has 1 aromatic carbocycles. The second-order valence-corrected chi connectivity index (χ2v) is 5.79. The number of fused-ring (bicyclic) bond motifs is 1. The Balaban J connectivity index is 2.04. The minimum Gasteiger partial charge on any atom is -0.478 e. The van der Waals surface area contributed by atoms with E-state index in [0.717, 1.165) is 27.8 Å². The molecular formula is C18H19N3O2. The summed E-state index contributed by atoms with van der Waals surface area (Å²) < 4.78 is 1.87. The zero-order valence-corrected chi connectivity index (χ0v) is 13.4. The topological polar surface area (TPSA) is 58.4 Å². The van der Waals surface area contributed by atoms with Crippen LogP contribution in [0.4, 0.5) is 5.69 Å². The number of carboxylic acids is 1. The molecule has 3 aromatic rings. The van der Waals surface area contributed by atoms with Gasteiger partial charge in [-0.1, -0.05) is 6.07 Å². The van der Waals surface area contributed by atoms with Gasteiger partial charge in [-0.15, -0.1) is 0 Å². The molecule has 5 nitrogen and oxygen atoms in total. The fraction of sp³-hybridized carbons (Fsp3) is 0.222. The van der Waals surface area contributed by atoms with E-state index in [2.05, 4.69) is 16.0 Å². The van der Waals surface area contributed by atoms with Gasteiger partial charge in [0, 0.05) is 37.6 Å². The lowest BCUT2D eigenvalue weighted by molar-refractivity contribution is 0.0699. The number of anilines is 1. The molecule has 1 N–H and O–H groups in total. The number of hydrogen-bond acceptors (Lipinski definition) is 3. The zero-order valence-electron chi connectivity index (χ0n) is 13.4. The third-order valence-electron chi connectivity index (χ3n) is 4.05. The molecule has 3 rings (SSSR count). The number of hydrogen-bond donors (Lipinski definition) is 1. The molecule has 2 heterocycles. The average molecular weight is 309 g/mol. The van der Waals surface area contributed by atoms with Gasteiger partial charge in [-0.3, -0.25) is 4.98 Å². The Bertz CT molecular complexity index is 869. The number of aromatic nitrogens is 2. The summed E-state index contributed by atoms with van der Waals surface area (Å²) in [6, 6.07) is 9.85. The first-order valence-electron chi connectivity index (χ1n) is 7.41. The number of benzene rings is 1. The monoisotopic (exact) mass is 309 g/mol. The highest BCUT2D eigenvalue weighted by atomic mass is 16.4. The molecule has 0 saturated carbocycles. The van der Waals surface area contributed by atoms with Crippen LogP contribution >= 0.6 is 0 Å². The van der Waals surface area contributed by atoms with Crippen molar-refractivity contribution >= 4 is 22.6 Å². The number of nitrogens with zero attached hydrogens (tertiary/aromatic N) is 3. The molecule has 0 aliphatic carbocycles. The number of pyridine rings is 1. The van der Waals surface area contributed by atoms with Crippen LogP contribution in [0.15, 0.2) is 42.7 Å². The summed E-state index contributed by atoms with van der Waals surface area (Å²) in [7, 11) is 3.86. The van der Waals surface area contributed by atoms with Gasteiger partial charge in [0.2, 0.25) is 0 Å². The summed E-state index contributed by atoms with van der Waals surface area (Å²) in [6.07, 6.45) is 3.44. The Morgan fingerprint density at radius 1 is 1.35 bits per heavy atom. The Hall–Kier alpha value is -2.82. The Morgan fingerprint density at radius 2 is 2.13 bits per heavy atom. The van der Waals surface area contributed by atoms with E-state index in [1.807, 2.05) is 49.9 Å². The number of carboxylic acid groups (broad SMARTS) is 1. The summed E-state index contributed by atoms with van der Waals surface area (Å²) in [6.45, 7) is 2.67.